The van der Waals surface area contributed by atoms with Crippen LogP contribution in [0.15, 0.2) is 59.3 Å². The lowest BCUT2D eigenvalue weighted by atomic mass is 9.98. The number of rotatable bonds is 11. The van der Waals surface area contributed by atoms with Gasteiger partial charge in [-0.25, -0.2) is 0 Å². The molecule has 0 aliphatic heterocycles. The van der Waals surface area contributed by atoms with E-state index in [2.05, 4.69) is 30.6 Å². The van der Waals surface area contributed by atoms with Gasteiger partial charge in [0.1, 0.15) is 0 Å². The van der Waals surface area contributed by atoms with Gasteiger partial charge >= 0.3 is 6.18 Å². The summed E-state index contributed by atoms with van der Waals surface area (Å²) < 4.78 is 37.9. The minimum atomic E-state index is -4.40. The molecule has 1 rings (SSSR count). The Hall–Kier alpha value is -2.08. The van der Waals surface area contributed by atoms with E-state index in [1.165, 1.54) is 17.2 Å². The first-order chi connectivity index (χ1) is 14.1. The molecule has 0 aromatic rings. The van der Waals surface area contributed by atoms with Crippen LogP contribution >= 0.6 is 0 Å². The third-order valence-electron chi connectivity index (χ3n) is 5.33. The van der Waals surface area contributed by atoms with Gasteiger partial charge in [0, 0.05) is 18.2 Å². The van der Waals surface area contributed by atoms with Crippen LogP contribution in [0.4, 0.5) is 13.2 Å². The largest absolute Gasteiger partial charge is 0.415 e. The molecule has 1 unspecified atom stereocenters. The molecule has 0 aromatic heterocycles. The fourth-order valence-corrected chi connectivity index (χ4v) is 3.19. The summed E-state index contributed by atoms with van der Waals surface area (Å²) in [4.78, 5) is 15.5. The van der Waals surface area contributed by atoms with Crippen molar-refractivity contribution in [2.45, 2.75) is 58.2 Å². The highest BCUT2D eigenvalue weighted by molar-refractivity contribution is 5.48. The Morgan fingerprint density at radius 2 is 1.83 bits per heavy atom. The lowest BCUT2D eigenvalue weighted by Crippen LogP contribution is -2.35. The Kier molecular flexibility index (Phi) is 10.9. The predicted molar refractivity (Wildman–Crippen MR) is 118 cm³/mol. The fraction of sp³-hybridized carbons (Fsp3) is 0.542. The third kappa shape index (κ3) is 9.61. The molecule has 1 aliphatic rings. The van der Waals surface area contributed by atoms with Gasteiger partial charge in [0.2, 0.25) is 6.41 Å². The van der Waals surface area contributed by atoms with Crippen LogP contribution in [0.3, 0.4) is 0 Å². The normalized spacial score (nSPS) is 16.9. The Balaban J connectivity index is 2.61. The van der Waals surface area contributed by atoms with E-state index in [0.29, 0.717) is 13.0 Å². The number of carbonyl (C=O) groups excluding carboxylic acids is 1. The summed E-state index contributed by atoms with van der Waals surface area (Å²) in [5.41, 5.74) is 2.42. The Morgan fingerprint density at radius 3 is 2.40 bits per heavy atom. The van der Waals surface area contributed by atoms with E-state index in [4.69, 9.17) is 0 Å². The van der Waals surface area contributed by atoms with Gasteiger partial charge in [0.25, 0.3) is 0 Å². The number of hydrogen-bond acceptors (Lipinski definition) is 2. The molecule has 0 fully saturated rings. The van der Waals surface area contributed by atoms with E-state index >= 15 is 0 Å². The second-order valence-electron chi connectivity index (χ2n) is 8.08. The first-order valence-electron chi connectivity index (χ1n) is 10.4. The van der Waals surface area contributed by atoms with Crippen molar-refractivity contribution in [3.63, 3.8) is 0 Å². The molecule has 0 spiro atoms. The molecular weight excluding hydrogens is 389 g/mol. The maximum atomic E-state index is 12.6. The molecule has 0 aromatic carbocycles. The number of carbonyl (C=O) groups is 1. The summed E-state index contributed by atoms with van der Waals surface area (Å²) in [6.45, 7) is 8.53. The molecule has 1 atom stereocenters. The lowest BCUT2D eigenvalue weighted by Gasteiger charge is -2.27. The second-order valence-corrected chi connectivity index (χ2v) is 8.08. The number of amides is 1. The monoisotopic (exact) mass is 424 g/mol. The quantitative estimate of drug-likeness (QED) is 0.237. The van der Waals surface area contributed by atoms with Gasteiger partial charge in [-0.05, 0) is 72.2 Å². The van der Waals surface area contributed by atoms with Gasteiger partial charge in [-0.15, -0.1) is 0 Å². The van der Waals surface area contributed by atoms with Crippen LogP contribution in [-0.4, -0.2) is 55.6 Å². The van der Waals surface area contributed by atoms with Crippen LogP contribution < -0.4 is 0 Å². The average Bonchev–Trinajstić information content (AvgIpc) is 2.91. The highest BCUT2D eigenvalue weighted by atomic mass is 19.4. The number of nitrogens with zero attached hydrogens (tertiary/aromatic N) is 2. The Bertz CT molecular complexity index is 700. The first-order valence-corrected chi connectivity index (χ1v) is 10.4. The molecule has 1 amide bonds. The summed E-state index contributed by atoms with van der Waals surface area (Å²) in [6, 6.07) is 0.169. The van der Waals surface area contributed by atoms with Crippen LogP contribution in [0.1, 0.15) is 46.0 Å². The van der Waals surface area contributed by atoms with E-state index < -0.39 is 11.7 Å². The summed E-state index contributed by atoms with van der Waals surface area (Å²) in [5, 5.41) is 0. The molecular formula is C24H35F3N2O. The van der Waals surface area contributed by atoms with Crippen molar-refractivity contribution >= 4 is 6.41 Å². The Morgan fingerprint density at radius 1 is 1.20 bits per heavy atom. The zero-order chi connectivity index (χ0) is 22.7. The Labute approximate surface area is 179 Å². The van der Waals surface area contributed by atoms with Crippen molar-refractivity contribution in [3.05, 3.63) is 59.3 Å². The SMILES string of the molecule is C=C(/C=C\C(=C/C)CC1=CCC=C(CN(C=O)C(C)CCN(C)C)CC1)C(F)(F)F. The molecule has 0 bridgehead atoms. The maximum Gasteiger partial charge on any atom is 0.415 e. The van der Waals surface area contributed by atoms with Gasteiger partial charge in [-0.1, -0.05) is 48.1 Å². The van der Waals surface area contributed by atoms with Crippen molar-refractivity contribution < 1.29 is 18.0 Å². The third-order valence-corrected chi connectivity index (χ3v) is 5.33. The molecule has 0 saturated carbocycles. The maximum absolute atomic E-state index is 12.6. The van der Waals surface area contributed by atoms with Gasteiger partial charge in [-0.3, -0.25) is 4.79 Å². The molecule has 6 heteroatoms. The second kappa shape index (κ2) is 12.6. The molecule has 0 radical (unpaired) electrons. The summed E-state index contributed by atoms with van der Waals surface area (Å²) in [5.74, 6) is 0. The zero-order valence-corrected chi connectivity index (χ0v) is 18.6. The average molecular weight is 425 g/mol. The summed E-state index contributed by atoms with van der Waals surface area (Å²) in [6.07, 6.45) is 9.22. The van der Waals surface area contributed by atoms with E-state index in [0.717, 1.165) is 50.3 Å². The predicted octanol–water partition coefficient (Wildman–Crippen LogP) is 5.83. The van der Waals surface area contributed by atoms with Crippen LogP contribution in [0.25, 0.3) is 0 Å². The van der Waals surface area contributed by atoms with E-state index in [1.807, 2.05) is 32.0 Å². The standard InChI is InChI=1S/C24H35F3N2O/c1-6-21(11-10-19(2)24(25,26)27)16-22-8-7-9-23(13-12-22)17-29(18-30)20(3)14-15-28(4)5/h6,8-11,18,20H,2,7,12-17H2,1,3-5H3/b11-10-,21-6+. The fourth-order valence-electron chi connectivity index (χ4n) is 3.19. The molecule has 0 N–H and O–H groups in total. The zero-order valence-electron chi connectivity index (χ0n) is 18.6. The highest BCUT2D eigenvalue weighted by Crippen LogP contribution is 2.27. The van der Waals surface area contributed by atoms with Crippen molar-refractivity contribution in [1.29, 1.82) is 0 Å². The number of hydrogen-bond donors (Lipinski definition) is 0. The minimum absolute atomic E-state index is 0.169. The molecule has 0 heterocycles. The van der Waals surface area contributed by atoms with Crippen LogP contribution in [0, 0.1) is 0 Å². The van der Waals surface area contributed by atoms with Gasteiger partial charge in [0.15, 0.2) is 0 Å². The van der Waals surface area contributed by atoms with Crippen LogP contribution in [-0.2, 0) is 4.79 Å². The van der Waals surface area contributed by atoms with Crippen molar-refractivity contribution in [1.82, 2.24) is 9.80 Å². The van der Waals surface area contributed by atoms with Gasteiger partial charge in [-0.2, -0.15) is 13.2 Å². The topological polar surface area (TPSA) is 23.6 Å². The highest BCUT2D eigenvalue weighted by Gasteiger charge is 2.29. The number of halogens is 3. The van der Waals surface area contributed by atoms with E-state index in [-0.39, 0.29) is 6.04 Å². The first kappa shape index (κ1) is 26.0. The van der Waals surface area contributed by atoms with Crippen molar-refractivity contribution in [2.75, 3.05) is 27.2 Å². The number of allylic oxidation sites excluding steroid dienone is 8. The molecule has 168 valence electrons. The smallest absolute Gasteiger partial charge is 0.339 e. The van der Waals surface area contributed by atoms with Crippen molar-refractivity contribution in [3.8, 4) is 0 Å². The minimum Gasteiger partial charge on any atom is -0.339 e. The van der Waals surface area contributed by atoms with E-state index in [9.17, 15) is 18.0 Å². The van der Waals surface area contributed by atoms with Gasteiger partial charge in [0.05, 0.1) is 0 Å². The van der Waals surface area contributed by atoms with Gasteiger partial charge < -0.3 is 9.80 Å². The molecule has 3 nitrogen and oxygen atoms in total. The van der Waals surface area contributed by atoms with Crippen LogP contribution in [0.5, 0.6) is 0 Å². The van der Waals surface area contributed by atoms with Crippen molar-refractivity contribution in [2.24, 2.45) is 0 Å². The summed E-state index contributed by atoms with van der Waals surface area (Å²) in [7, 11) is 4.04. The summed E-state index contributed by atoms with van der Waals surface area (Å²) >= 11 is 0. The molecule has 30 heavy (non-hydrogen) atoms. The van der Waals surface area contributed by atoms with E-state index in [1.54, 1.807) is 0 Å². The molecule has 0 saturated heterocycles. The molecule has 1 aliphatic carbocycles. The lowest BCUT2D eigenvalue weighted by molar-refractivity contribution is -0.119. The van der Waals surface area contributed by atoms with Crippen LogP contribution in [0.2, 0.25) is 0 Å². The number of alkyl halides is 3.